The van der Waals surface area contributed by atoms with Gasteiger partial charge in [-0.05, 0) is 32.6 Å². The average Bonchev–Trinajstić information content (AvgIpc) is 2.94. The zero-order valence-electron chi connectivity index (χ0n) is 9.74. The van der Waals surface area contributed by atoms with E-state index < -0.39 is 17.0 Å². The van der Waals surface area contributed by atoms with Crippen molar-refractivity contribution in [2.45, 2.75) is 68.9 Å². The summed E-state index contributed by atoms with van der Waals surface area (Å²) in [5.41, 5.74) is -1.58. The maximum atomic E-state index is 10.6. The van der Waals surface area contributed by atoms with Crippen LogP contribution < -0.4 is 0 Å². The lowest BCUT2D eigenvalue weighted by atomic mass is 9.76. The van der Waals surface area contributed by atoms with Crippen LogP contribution in [-0.2, 0) is 9.78 Å². The number of hydrogen-bond donors (Lipinski definition) is 2. The summed E-state index contributed by atoms with van der Waals surface area (Å²) in [6.07, 6.45) is 5.95. The molecule has 0 radical (unpaired) electrons. The van der Waals surface area contributed by atoms with Gasteiger partial charge in [0, 0.05) is 12.3 Å². The lowest BCUT2D eigenvalue weighted by Crippen LogP contribution is -2.62. The van der Waals surface area contributed by atoms with Gasteiger partial charge in [0.15, 0.2) is 0 Å². The fraction of sp³-hybridized carbons (Fsp3) is 1.00. The van der Waals surface area contributed by atoms with E-state index in [1.165, 1.54) is 0 Å². The minimum Gasteiger partial charge on any atom is -0.387 e. The van der Waals surface area contributed by atoms with Crippen molar-refractivity contribution >= 4 is 0 Å². The van der Waals surface area contributed by atoms with Crippen molar-refractivity contribution in [3.05, 3.63) is 0 Å². The zero-order valence-corrected chi connectivity index (χ0v) is 9.74. The molecule has 16 heavy (non-hydrogen) atoms. The Hall–Kier alpha value is -0.160. The molecule has 0 aromatic heterocycles. The van der Waals surface area contributed by atoms with Gasteiger partial charge in [-0.25, -0.2) is 9.78 Å². The largest absolute Gasteiger partial charge is 0.387 e. The normalized spacial score (nSPS) is 47.4. The summed E-state index contributed by atoms with van der Waals surface area (Å²) in [6, 6.07) is 0. The Morgan fingerprint density at radius 2 is 1.69 bits per heavy atom. The third kappa shape index (κ3) is 1.44. The molecule has 2 N–H and O–H groups in total. The highest BCUT2D eigenvalue weighted by Gasteiger charge is 2.62. The van der Waals surface area contributed by atoms with Crippen molar-refractivity contribution in [1.29, 1.82) is 0 Å². The molecule has 1 saturated heterocycles. The second kappa shape index (κ2) is 3.19. The first-order valence-electron chi connectivity index (χ1n) is 6.29. The fourth-order valence-corrected chi connectivity index (χ4v) is 3.24. The maximum absolute atomic E-state index is 10.6. The summed E-state index contributed by atoms with van der Waals surface area (Å²) in [5.74, 6) is -1.13. The molecule has 0 bridgehead atoms. The van der Waals surface area contributed by atoms with Gasteiger partial charge in [-0.2, -0.15) is 0 Å². The zero-order chi connectivity index (χ0) is 11.4. The van der Waals surface area contributed by atoms with Gasteiger partial charge in [0.25, 0.3) is 0 Å². The van der Waals surface area contributed by atoms with Crippen LogP contribution in [0.3, 0.4) is 0 Å². The van der Waals surface area contributed by atoms with Gasteiger partial charge in [0.2, 0.25) is 5.79 Å². The highest BCUT2D eigenvalue weighted by atomic mass is 17.2. The smallest absolute Gasteiger partial charge is 0.204 e. The molecule has 2 saturated carbocycles. The number of aliphatic hydroxyl groups is 2. The predicted octanol–water partition coefficient (Wildman–Crippen LogP) is 1.50. The Labute approximate surface area is 95.5 Å². The SMILES string of the molecule is C[C@@]1(O)C[C@@](O)(C2CC2)OOC12CCCC2. The van der Waals surface area contributed by atoms with Gasteiger partial charge >= 0.3 is 0 Å². The molecule has 3 fully saturated rings. The summed E-state index contributed by atoms with van der Waals surface area (Å²) < 4.78 is 0. The number of hydrogen-bond acceptors (Lipinski definition) is 4. The molecule has 0 aromatic rings. The summed E-state index contributed by atoms with van der Waals surface area (Å²) in [7, 11) is 0. The molecule has 0 unspecified atom stereocenters. The molecular weight excluding hydrogens is 208 g/mol. The monoisotopic (exact) mass is 228 g/mol. The molecule has 92 valence electrons. The van der Waals surface area contributed by atoms with Crippen LogP contribution in [0.2, 0.25) is 0 Å². The van der Waals surface area contributed by atoms with Crippen LogP contribution in [0.5, 0.6) is 0 Å². The van der Waals surface area contributed by atoms with E-state index >= 15 is 0 Å². The molecule has 2 aliphatic carbocycles. The Kier molecular flexibility index (Phi) is 2.19. The Balaban J connectivity index is 1.83. The van der Waals surface area contributed by atoms with E-state index in [0.29, 0.717) is 0 Å². The molecule has 1 aliphatic heterocycles. The predicted molar refractivity (Wildman–Crippen MR) is 56.3 cm³/mol. The van der Waals surface area contributed by atoms with E-state index in [0.717, 1.165) is 38.5 Å². The van der Waals surface area contributed by atoms with E-state index in [4.69, 9.17) is 9.78 Å². The molecule has 4 nitrogen and oxygen atoms in total. The van der Waals surface area contributed by atoms with Crippen molar-refractivity contribution in [1.82, 2.24) is 0 Å². The molecule has 0 aromatic carbocycles. The third-order valence-electron chi connectivity index (χ3n) is 4.55. The summed E-state index contributed by atoms with van der Waals surface area (Å²) >= 11 is 0. The van der Waals surface area contributed by atoms with E-state index in [1.807, 2.05) is 0 Å². The molecule has 3 rings (SSSR count). The highest BCUT2D eigenvalue weighted by Crippen LogP contribution is 2.54. The maximum Gasteiger partial charge on any atom is 0.204 e. The second-order valence-electron chi connectivity index (χ2n) is 5.94. The summed E-state index contributed by atoms with van der Waals surface area (Å²) in [6.45, 7) is 1.77. The van der Waals surface area contributed by atoms with Crippen molar-refractivity contribution < 1.29 is 20.0 Å². The van der Waals surface area contributed by atoms with Crippen LogP contribution in [0.15, 0.2) is 0 Å². The van der Waals surface area contributed by atoms with Gasteiger partial charge in [-0.1, -0.05) is 12.8 Å². The first-order chi connectivity index (χ1) is 7.48. The van der Waals surface area contributed by atoms with Crippen molar-refractivity contribution in [2.75, 3.05) is 0 Å². The lowest BCUT2D eigenvalue weighted by Gasteiger charge is -2.50. The third-order valence-corrected chi connectivity index (χ3v) is 4.55. The minimum absolute atomic E-state index is 0.137. The Morgan fingerprint density at radius 1 is 1.06 bits per heavy atom. The van der Waals surface area contributed by atoms with E-state index in [2.05, 4.69) is 0 Å². The van der Waals surface area contributed by atoms with Crippen molar-refractivity contribution in [3.63, 3.8) is 0 Å². The van der Waals surface area contributed by atoms with Gasteiger partial charge in [0.1, 0.15) is 5.60 Å². The molecule has 4 heteroatoms. The van der Waals surface area contributed by atoms with Gasteiger partial charge < -0.3 is 10.2 Å². The van der Waals surface area contributed by atoms with Crippen LogP contribution in [-0.4, -0.2) is 27.2 Å². The van der Waals surface area contributed by atoms with Crippen molar-refractivity contribution in [2.24, 2.45) is 5.92 Å². The highest BCUT2D eigenvalue weighted by molar-refractivity contribution is 5.06. The molecular formula is C12H20O4. The second-order valence-corrected chi connectivity index (χ2v) is 5.94. The van der Waals surface area contributed by atoms with Gasteiger partial charge in [0.05, 0.1) is 5.60 Å². The molecule has 1 spiro atoms. The number of rotatable bonds is 1. The Morgan fingerprint density at radius 3 is 2.19 bits per heavy atom. The van der Waals surface area contributed by atoms with E-state index in [9.17, 15) is 10.2 Å². The van der Waals surface area contributed by atoms with Crippen LogP contribution >= 0.6 is 0 Å². The van der Waals surface area contributed by atoms with E-state index in [1.54, 1.807) is 6.92 Å². The first kappa shape index (κ1) is 11.0. The summed E-state index contributed by atoms with van der Waals surface area (Å²) in [4.78, 5) is 10.7. The van der Waals surface area contributed by atoms with Crippen LogP contribution in [0.25, 0.3) is 0 Å². The standard InChI is InChI=1S/C12H20O4/c1-10(13)8-12(14,9-4-5-9)16-15-11(10)6-2-3-7-11/h9,13-14H,2-8H2,1H3/t10-,12+/m1/s1. The fourth-order valence-electron chi connectivity index (χ4n) is 3.24. The topological polar surface area (TPSA) is 58.9 Å². The quantitative estimate of drug-likeness (QED) is 0.668. The summed E-state index contributed by atoms with van der Waals surface area (Å²) in [5, 5.41) is 20.9. The molecule has 0 amide bonds. The van der Waals surface area contributed by atoms with Crippen LogP contribution in [0.1, 0.15) is 51.9 Å². The molecule has 1 heterocycles. The van der Waals surface area contributed by atoms with Gasteiger partial charge in [-0.15, -0.1) is 0 Å². The minimum atomic E-state index is -1.27. The lowest BCUT2D eigenvalue weighted by molar-refractivity contribution is -0.518. The average molecular weight is 228 g/mol. The first-order valence-corrected chi connectivity index (χ1v) is 6.29. The van der Waals surface area contributed by atoms with E-state index in [-0.39, 0.29) is 12.3 Å². The molecule has 2 atom stereocenters. The van der Waals surface area contributed by atoms with Crippen LogP contribution in [0.4, 0.5) is 0 Å². The van der Waals surface area contributed by atoms with Crippen molar-refractivity contribution in [3.8, 4) is 0 Å². The van der Waals surface area contributed by atoms with Crippen LogP contribution in [0, 0.1) is 5.92 Å². The molecule has 3 aliphatic rings. The Bertz CT molecular complexity index is 291. The van der Waals surface area contributed by atoms with Gasteiger partial charge in [-0.3, -0.25) is 0 Å².